The van der Waals surface area contributed by atoms with E-state index in [-0.39, 0.29) is 5.88 Å². The van der Waals surface area contributed by atoms with E-state index >= 15 is 0 Å². The standard InChI is InChI=1S/C8H17N.C2H4ClNO/c1-2-5-8-6-3-4-7-9-8;3-1-2(4)5/h8-9H,2-7H2,1H3;1H2,(H2,4,5). The lowest BCUT2D eigenvalue weighted by Gasteiger charge is -2.22. The van der Waals surface area contributed by atoms with E-state index in [0.717, 1.165) is 6.04 Å². The number of amides is 1. The van der Waals surface area contributed by atoms with Crippen molar-refractivity contribution in [2.45, 2.75) is 45.1 Å². The van der Waals surface area contributed by atoms with Crippen LogP contribution >= 0.6 is 11.6 Å². The summed E-state index contributed by atoms with van der Waals surface area (Å²) < 4.78 is 0. The van der Waals surface area contributed by atoms with Crippen LogP contribution in [0.2, 0.25) is 0 Å². The molecule has 0 aromatic rings. The Hall–Kier alpha value is -0.280. The number of alkyl halides is 1. The summed E-state index contributed by atoms with van der Waals surface area (Å²) in [4.78, 5) is 9.46. The van der Waals surface area contributed by atoms with Crippen LogP contribution in [0.4, 0.5) is 0 Å². The van der Waals surface area contributed by atoms with Crippen molar-refractivity contribution in [2.75, 3.05) is 12.4 Å². The van der Waals surface area contributed by atoms with Crippen molar-refractivity contribution in [3.05, 3.63) is 0 Å². The fourth-order valence-electron chi connectivity index (χ4n) is 1.52. The number of piperidine rings is 1. The number of hydrogen-bond donors (Lipinski definition) is 2. The van der Waals surface area contributed by atoms with E-state index in [9.17, 15) is 4.79 Å². The van der Waals surface area contributed by atoms with Gasteiger partial charge in [0.25, 0.3) is 0 Å². The third kappa shape index (κ3) is 8.32. The van der Waals surface area contributed by atoms with E-state index in [0.29, 0.717) is 0 Å². The van der Waals surface area contributed by atoms with Crippen LogP contribution in [0, 0.1) is 0 Å². The average molecular weight is 221 g/mol. The van der Waals surface area contributed by atoms with E-state index in [4.69, 9.17) is 11.6 Å². The van der Waals surface area contributed by atoms with Crippen LogP contribution in [0.1, 0.15) is 39.0 Å². The number of carbonyl (C=O) groups excluding carboxylic acids is 1. The molecule has 84 valence electrons. The van der Waals surface area contributed by atoms with Crippen molar-refractivity contribution in [2.24, 2.45) is 5.73 Å². The molecule has 3 nitrogen and oxygen atoms in total. The Balaban J connectivity index is 0.000000292. The van der Waals surface area contributed by atoms with Crippen molar-refractivity contribution < 1.29 is 4.79 Å². The highest BCUT2D eigenvalue weighted by Gasteiger charge is 2.09. The molecule has 1 unspecified atom stereocenters. The van der Waals surface area contributed by atoms with Crippen LogP contribution < -0.4 is 11.1 Å². The van der Waals surface area contributed by atoms with Crippen LogP contribution in [0.5, 0.6) is 0 Å². The molecule has 0 radical (unpaired) electrons. The van der Waals surface area contributed by atoms with Crippen molar-refractivity contribution in [3.8, 4) is 0 Å². The number of primary amides is 1. The molecule has 0 spiro atoms. The molecule has 0 aromatic heterocycles. The topological polar surface area (TPSA) is 55.1 Å². The van der Waals surface area contributed by atoms with Gasteiger partial charge in [-0.1, -0.05) is 19.8 Å². The predicted molar refractivity (Wildman–Crippen MR) is 60.5 cm³/mol. The summed E-state index contributed by atoms with van der Waals surface area (Å²) in [5.74, 6) is -0.563. The molecular formula is C10H21ClN2O. The largest absolute Gasteiger partial charge is 0.369 e. The highest BCUT2D eigenvalue weighted by Crippen LogP contribution is 2.10. The Morgan fingerprint density at radius 3 is 2.57 bits per heavy atom. The first-order valence-electron chi connectivity index (χ1n) is 5.28. The third-order valence-electron chi connectivity index (χ3n) is 2.18. The van der Waals surface area contributed by atoms with Gasteiger partial charge < -0.3 is 11.1 Å². The summed E-state index contributed by atoms with van der Waals surface area (Å²) >= 11 is 4.86. The van der Waals surface area contributed by atoms with Crippen LogP contribution in [0.15, 0.2) is 0 Å². The van der Waals surface area contributed by atoms with Crippen LogP contribution in [-0.4, -0.2) is 24.4 Å². The van der Waals surface area contributed by atoms with Gasteiger partial charge in [-0.15, -0.1) is 11.6 Å². The van der Waals surface area contributed by atoms with Gasteiger partial charge in [-0.05, 0) is 25.8 Å². The summed E-state index contributed by atoms with van der Waals surface area (Å²) in [5.41, 5.74) is 4.52. The molecule has 1 heterocycles. The molecule has 1 saturated heterocycles. The molecule has 1 rings (SSSR count). The fourth-order valence-corrected chi connectivity index (χ4v) is 1.52. The van der Waals surface area contributed by atoms with E-state index in [1.165, 1.54) is 38.6 Å². The quantitative estimate of drug-likeness (QED) is 0.711. The summed E-state index contributed by atoms with van der Waals surface area (Å²) in [7, 11) is 0. The Morgan fingerprint density at radius 1 is 1.57 bits per heavy atom. The minimum atomic E-state index is -0.480. The molecule has 1 atom stereocenters. The number of halogens is 1. The van der Waals surface area contributed by atoms with Gasteiger partial charge in [0, 0.05) is 6.04 Å². The molecule has 1 aliphatic rings. The number of hydrogen-bond acceptors (Lipinski definition) is 2. The van der Waals surface area contributed by atoms with Gasteiger partial charge in [-0.25, -0.2) is 0 Å². The minimum absolute atomic E-state index is 0.0833. The van der Waals surface area contributed by atoms with Gasteiger partial charge in [0.2, 0.25) is 5.91 Å². The van der Waals surface area contributed by atoms with Crippen molar-refractivity contribution in [3.63, 3.8) is 0 Å². The maximum atomic E-state index is 9.46. The second kappa shape index (κ2) is 9.28. The fraction of sp³-hybridized carbons (Fsp3) is 0.900. The zero-order valence-electron chi connectivity index (χ0n) is 8.89. The van der Waals surface area contributed by atoms with Crippen LogP contribution in [-0.2, 0) is 4.79 Å². The third-order valence-corrected chi connectivity index (χ3v) is 2.44. The van der Waals surface area contributed by atoms with Crippen LogP contribution in [0.3, 0.4) is 0 Å². The maximum Gasteiger partial charge on any atom is 0.232 e. The van der Waals surface area contributed by atoms with Gasteiger partial charge in [-0.3, -0.25) is 4.79 Å². The summed E-state index contributed by atoms with van der Waals surface area (Å²) in [6.07, 6.45) is 6.95. The maximum absolute atomic E-state index is 9.46. The zero-order chi connectivity index (χ0) is 10.8. The molecule has 3 N–H and O–H groups in total. The monoisotopic (exact) mass is 220 g/mol. The second-order valence-electron chi connectivity index (χ2n) is 3.54. The Labute approximate surface area is 91.4 Å². The molecule has 0 aliphatic carbocycles. The van der Waals surface area contributed by atoms with E-state index in [2.05, 4.69) is 18.0 Å². The first-order chi connectivity index (χ1) is 6.70. The van der Waals surface area contributed by atoms with Crippen molar-refractivity contribution in [1.29, 1.82) is 0 Å². The second-order valence-corrected chi connectivity index (χ2v) is 3.80. The number of nitrogens with two attached hydrogens (primary N) is 1. The molecule has 0 saturated carbocycles. The summed E-state index contributed by atoms with van der Waals surface area (Å²) in [5, 5.41) is 3.52. The van der Waals surface area contributed by atoms with E-state index < -0.39 is 5.91 Å². The first-order valence-corrected chi connectivity index (χ1v) is 5.81. The average Bonchev–Trinajstić information content (AvgIpc) is 2.21. The van der Waals surface area contributed by atoms with Crippen molar-refractivity contribution in [1.82, 2.24) is 5.32 Å². The van der Waals surface area contributed by atoms with Crippen LogP contribution in [0.25, 0.3) is 0 Å². The first kappa shape index (κ1) is 13.7. The summed E-state index contributed by atoms with van der Waals surface area (Å²) in [6, 6.07) is 0.851. The normalized spacial score (nSPS) is 20.9. The Kier molecular flexibility index (Phi) is 9.10. The molecule has 0 aromatic carbocycles. The van der Waals surface area contributed by atoms with E-state index in [1.54, 1.807) is 0 Å². The van der Waals surface area contributed by atoms with Gasteiger partial charge in [0.15, 0.2) is 0 Å². The Bertz CT molecular complexity index is 144. The lowest BCUT2D eigenvalue weighted by molar-refractivity contribution is -0.115. The van der Waals surface area contributed by atoms with E-state index in [1.807, 2.05) is 0 Å². The molecule has 1 amide bonds. The van der Waals surface area contributed by atoms with Gasteiger partial charge in [0.05, 0.1) is 0 Å². The highest BCUT2D eigenvalue weighted by atomic mass is 35.5. The number of carbonyl (C=O) groups is 1. The number of rotatable bonds is 3. The zero-order valence-corrected chi connectivity index (χ0v) is 9.65. The minimum Gasteiger partial charge on any atom is -0.369 e. The molecular weight excluding hydrogens is 200 g/mol. The smallest absolute Gasteiger partial charge is 0.232 e. The van der Waals surface area contributed by atoms with Gasteiger partial charge >= 0.3 is 0 Å². The van der Waals surface area contributed by atoms with Crippen molar-refractivity contribution >= 4 is 17.5 Å². The summed E-state index contributed by atoms with van der Waals surface area (Å²) in [6.45, 7) is 3.51. The predicted octanol–water partition coefficient (Wildman–Crippen LogP) is 1.64. The SMILES string of the molecule is CCCC1CCCCN1.NC(=O)CCl. The molecule has 1 fully saturated rings. The number of nitrogens with one attached hydrogen (secondary N) is 1. The van der Waals surface area contributed by atoms with Gasteiger partial charge in [0.1, 0.15) is 5.88 Å². The molecule has 1 aliphatic heterocycles. The molecule has 4 heteroatoms. The lowest BCUT2D eigenvalue weighted by Crippen LogP contribution is -2.33. The molecule has 0 bridgehead atoms. The lowest BCUT2D eigenvalue weighted by atomic mass is 10.0. The highest BCUT2D eigenvalue weighted by molar-refractivity contribution is 6.27. The molecule has 14 heavy (non-hydrogen) atoms. The Morgan fingerprint density at radius 2 is 2.21 bits per heavy atom. The van der Waals surface area contributed by atoms with Gasteiger partial charge in [-0.2, -0.15) is 0 Å².